The van der Waals surface area contributed by atoms with E-state index in [2.05, 4.69) is 15.3 Å². The summed E-state index contributed by atoms with van der Waals surface area (Å²) in [5.41, 5.74) is 2.72. The minimum absolute atomic E-state index is 0.0262. The predicted octanol–water partition coefficient (Wildman–Crippen LogP) is 1.13. The fourth-order valence-electron chi connectivity index (χ4n) is 2.94. The molecule has 0 saturated carbocycles. The topological polar surface area (TPSA) is 120 Å². The smallest absolute Gasteiger partial charge is 0.475 e. The van der Waals surface area contributed by atoms with Crippen LogP contribution in [0, 0.1) is 0 Å². The van der Waals surface area contributed by atoms with E-state index in [0.717, 1.165) is 17.1 Å². The van der Waals surface area contributed by atoms with Crippen LogP contribution in [0.15, 0.2) is 24.4 Å². The third kappa shape index (κ3) is 7.00. The lowest BCUT2D eigenvalue weighted by Gasteiger charge is -2.32. The van der Waals surface area contributed by atoms with Crippen LogP contribution in [-0.4, -0.2) is 74.9 Å². The van der Waals surface area contributed by atoms with Crippen molar-refractivity contribution < 1.29 is 37.3 Å². The van der Waals surface area contributed by atoms with E-state index < -0.39 is 12.1 Å². The van der Waals surface area contributed by atoms with Gasteiger partial charge in [-0.15, -0.1) is 5.10 Å². The Bertz CT molecular complexity index is 875. The number of fused-ring (bicyclic) bond motifs is 1. The standard InChI is InChI=1S/C16H21N5O3.C2HF3O2/c1-20-16-12(9-24-10-13-5-3-4-6-17-13)7-21(15(22)11-23-2)8-14(16)18-19-20;3-2(4,5)1(6)7/h3-6,12H,7-11H2,1-2H3;(H,6,7). The molecule has 2 aromatic heterocycles. The number of aliphatic carboxylic acids is 1. The maximum absolute atomic E-state index is 12.2. The SMILES string of the molecule is COCC(=O)N1Cc2nnn(C)c2C(COCc2ccccn2)C1.O=C(O)C(F)(F)F. The minimum atomic E-state index is -5.08. The monoisotopic (exact) mass is 445 g/mol. The number of carboxylic acid groups (broad SMARTS) is 1. The number of aryl methyl sites for hydroxylation is 1. The molecule has 0 bridgehead atoms. The third-order valence-electron chi connectivity index (χ3n) is 4.27. The highest BCUT2D eigenvalue weighted by molar-refractivity contribution is 5.77. The summed E-state index contributed by atoms with van der Waals surface area (Å²) >= 11 is 0. The average Bonchev–Trinajstić information content (AvgIpc) is 3.10. The van der Waals surface area contributed by atoms with E-state index in [1.165, 1.54) is 7.11 Å². The van der Waals surface area contributed by atoms with Gasteiger partial charge in [0.25, 0.3) is 0 Å². The number of pyridine rings is 1. The van der Waals surface area contributed by atoms with Crippen LogP contribution < -0.4 is 0 Å². The number of halogens is 3. The number of hydrogen-bond acceptors (Lipinski definition) is 7. The maximum atomic E-state index is 12.2. The molecule has 0 radical (unpaired) electrons. The normalized spacial score (nSPS) is 15.6. The molecule has 1 amide bonds. The van der Waals surface area contributed by atoms with E-state index in [-0.39, 0.29) is 18.4 Å². The van der Waals surface area contributed by atoms with Crippen LogP contribution in [0.25, 0.3) is 0 Å². The van der Waals surface area contributed by atoms with Crippen molar-refractivity contribution in [3.8, 4) is 0 Å². The third-order valence-corrected chi connectivity index (χ3v) is 4.27. The van der Waals surface area contributed by atoms with Crippen LogP contribution in [0.1, 0.15) is 23.0 Å². The summed E-state index contributed by atoms with van der Waals surface area (Å²) in [6.07, 6.45) is -3.34. The van der Waals surface area contributed by atoms with Gasteiger partial charge in [0.15, 0.2) is 0 Å². The van der Waals surface area contributed by atoms with Crippen molar-refractivity contribution in [2.75, 3.05) is 26.9 Å². The van der Waals surface area contributed by atoms with Crippen LogP contribution >= 0.6 is 0 Å². The Hall–Kier alpha value is -3.06. The number of nitrogens with zero attached hydrogens (tertiary/aromatic N) is 5. The summed E-state index contributed by atoms with van der Waals surface area (Å²) in [4.78, 5) is 27.0. The van der Waals surface area contributed by atoms with Gasteiger partial charge in [-0.25, -0.2) is 4.79 Å². The van der Waals surface area contributed by atoms with E-state index in [4.69, 9.17) is 19.4 Å². The van der Waals surface area contributed by atoms with Crippen LogP contribution in [0.5, 0.6) is 0 Å². The summed E-state index contributed by atoms with van der Waals surface area (Å²) < 4.78 is 44.3. The van der Waals surface area contributed by atoms with Gasteiger partial charge in [-0.05, 0) is 12.1 Å². The molecule has 1 aliphatic heterocycles. The van der Waals surface area contributed by atoms with Gasteiger partial charge in [-0.2, -0.15) is 13.2 Å². The zero-order valence-electron chi connectivity index (χ0n) is 16.9. The molecule has 2 aromatic rings. The van der Waals surface area contributed by atoms with E-state index in [9.17, 15) is 18.0 Å². The highest BCUT2D eigenvalue weighted by Crippen LogP contribution is 2.27. The van der Waals surface area contributed by atoms with Gasteiger partial charge in [0.1, 0.15) is 12.3 Å². The molecule has 1 atom stereocenters. The van der Waals surface area contributed by atoms with Crippen molar-refractivity contribution in [1.29, 1.82) is 0 Å². The number of amides is 1. The first-order chi connectivity index (χ1) is 14.6. The first kappa shape index (κ1) is 24.2. The molecular formula is C18H22F3N5O5. The highest BCUT2D eigenvalue weighted by atomic mass is 19.4. The molecular weight excluding hydrogens is 423 g/mol. The average molecular weight is 445 g/mol. The number of rotatable bonds is 6. The summed E-state index contributed by atoms with van der Waals surface area (Å²) in [7, 11) is 3.38. The molecule has 13 heteroatoms. The van der Waals surface area contributed by atoms with Crippen LogP contribution in [0.3, 0.4) is 0 Å². The van der Waals surface area contributed by atoms with Crippen molar-refractivity contribution in [3.05, 3.63) is 41.5 Å². The van der Waals surface area contributed by atoms with Crippen LogP contribution in [0.2, 0.25) is 0 Å². The second-order valence-electron chi connectivity index (χ2n) is 6.59. The van der Waals surface area contributed by atoms with Crippen LogP contribution in [0.4, 0.5) is 13.2 Å². The molecule has 170 valence electrons. The Morgan fingerprint density at radius 2 is 2.03 bits per heavy atom. The Kier molecular flexibility index (Phi) is 8.45. The second-order valence-corrected chi connectivity index (χ2v) is 6.59. The summed E-state index contributed by atoms with van der Waals surface area (Å²) in [6.45, 7) is 2.00. The van der Waals surface area contributed by atoms with Gasteiger partial charge >= 0.3 is 12.1 Å². The molecule has 0 aromatic carbocycles. The van der Waals surface area contributed by atoms with Crippen molar-refractivity contribution in [2.45, 2.75) is 25.2 Å². The highest BCUT2D eigenvalue weighted by Gasteiger charge is 2.38. The molecule has 0 saturated heterocycles. The fraction of sp³-hybridized carbons (Fsp3) is 0.500. The predicted molar refractivity (Wildman–Crippen MR) is 98.6 cm³/mol. The fourth-order valence-corrected chi connectivity index (χ4v) is 2.94. The van der Waals surface area contributed by atoms with Crippen molar-refractivity contribution in [2.24, 2.45) is 7.05 Å². The lowest BCUT2D eigenvalue weighted by molar-refractivity contribution is -0.192. The van der Waals surface area contributed by atoms with Gasteiger partial charge in [0.2, 0.25) is 5.91 Å². The number of carbonyl (C=O) groups excluding carboxylic acids is 1. The molecule has 1 N–H and O–H groups in total. The van der Waals surface area contributed by atoms with E-state index >= 15 is 0 Å². The number of methoxy groups -OCH3 is 1. The molecule has 0 spiro atoms. The summed E-state index contributed by atoms with van der Waals surface area (Å²) in [5.74, 6) is -2.78. The minimum Gasteiger partial charge on any atom is -0.475 e. The lowest BCUT2D eigenvalue weighted by Crippen LogP contribution is -2.41. The maximum Gasteiger partial charge on any atom is 0.490 e. The van der Waals surface area contributed by atoms with Crippen molar-refractivity contribution in [1.82, 2.24) is 24.9 Å². The van der Waals surface area contributed by atoms with Crippen LogP contribution in [-0.2, 0) is 39.3 Å². The largest absolute Gasteiger partial charge is 0.490 e. The summed E-state index contributed by atoms with van der Waals surface area (Å²) in [6, 6.07) is 5.73. The zero-order chi connectivity index (χ0) is 23.0. The Balaban J connectivity index is 0.000000423. The molecule has 1 aliphatic rings. The number of carbonyl (C=O) groups is 2. The Morgan fingerprint density at radius 3 is 2.61 bits per heavy atom. The van der Waals surface area contributed by atoms with E-state index in [1.807, 2.05) is 25.2 Å². The number of carboxylic acids is 1. The Labute approximate surface area is 175 Å². The molecule has 3 heterocycles. The van der Waals surface area contributed by atoms with Gasteiger partial charge in [-0.3, -0.25) is 14.5 Å². The number of aromatic nitrogens is 4. The van der Waals surface area contributed by atoms with Gasteiger partial charge in [0, 0.05) is 32.8 Å². The quantitative estimate of drug-likeness (QED) is 0.703. The summed E-state index contributed by atoms with van der Waals surface area (Å²) in [5, 5.41) is 15.4. The van der Waals surface area contributed by atoms with E-state index in [0.29, 0.717) is 26.3 Å². The molecule has 1 unspecified atom stereocenters. The first-order valence-corrected chi connectivity index (χ1v) is 9.06. The zero-order valence-corrected chi connectivity index (χ0v) is 16.9. The molecule has 0 fully saturated rings. The number of alkyl halides is 3. The lowest BCUT2D eigenvalue weighted by atomic mass is 9.99. The molecule has 31 heavy (non-hydrogen) atoms. The first-order valence-electron chi connectivity index (χ1n) is 9.06. The molecule has 0 aliphatic carbocycles. The number of ether oxygens (including phenoxy) is 2. The van der Waals surface area contributed by atoms with Gasteiger partial charge < -0.3 is 19.5 Å². The number of hydrogen-bond donors (Lipinski definition) is 1. The van der Waals surface area contributed by atoms with Crippen molar-refractivity contribution >= 4 is 11.9 Å². The van der Waals surface area contributed by atoms with Gasteiger partial charge in [-0.1, -0.05) is 11.3 Å². The Morgan fingerprint density at radius 1 is 1.32 bits per heavy atom. The van der Waals surface area contributed by atoms with E-state index in [1.54, 1.807) is 15.8 Å². The van der Waals surface area contributed by atoms with Crippen molar-refractivity contribution in [3.63, 3.8) is 0 Å². The van der Waals surface area contributed by atoms with Gasteiger partial charge in [0.05, 0.1) is 31.1 Å². The molecule has 3 rings (SSSR count). The second kappa shape index (κ2) is 10.8. The molecule has 10 nitrogen and oxygen atoms in total.